The fourth-order valence-corrected chi connectivity index (χ4v) is 1.19. The predicted octanol–water partition coefficient (Wildman–Crippen LogP) is 3.25. The van der Waals surface area contributed by atoms with Crippen LogP contribution in [0.3, 0.4) is 0 Å². The lowest BCUT2D eigenvalue weighted by Crippen LogP contribution is -2.05. The van der Waals surface area contributed by atoms with Crippen molar-refractivity contribution in [3.8, 4) is 0 Å². The molecule has 0 amide bonds. The molecule has 15 heavy (non-hydrogen) atoms. The first-order valence-electron chi connectivity index (χ1n) is 4.83. The Balaban J connectivity index is 2.64. The Morgan fingerprint density at radius 1 is 1.53 bits per heavy atom. The number of benzene rings is 1. The van der Waals surface area contributed by atoms with E-state index in [1.807, 2.05) is 31.3 Å². The van der Waals surface area contributed by atoms with Crippen LogP contribution < -0.4 is 5.32 Å². The molecule has 0 saturated carbocycles. The summed E-state index contributed by atoms with van der Waals surface area (Å²) in [5.74, 6) is 0. The van der Waals surface area contributed by atoms with Crippen LogP contribution in [0.25, 0.3) is 16.5 Å². The summed E-state index contributed by atoms with van der Waals surface area (Å²) in [7, 11) is 1.93. The highest BCUT2D eigenvalue weighted by molar-refractivity contribution is 5.55. The zero-order valence-electron chi connectivity index (χ0n) is 8.72. The number of azide groups is 1. The third kappa shape index (κ3) is 4.31. The number of hydrogen-bond acceptors (Lipinski definition) is 2. The Morgan fingerprint density at radius 3 is 3.13 bits per heavy atom. The second-order valence-electron chi connectivity index (χ2n) is 3.08. The lowest BCUT2D eigenvalue weighted by atomic mass is 10.2. The van der Waals surface area contributed by atoms with E-state index in [4.69, 9.17) is 5.53 Å². The van der Waals surface area contributed by atoms with Crippen molar-refractivity contribution in [2.45, 2.75) is 6.42 Å². The van der Waals surface area contributed by atoms with Crippen LogP contribution in [-0.2, 0) is 0 Å². The van der Waals surface area contributed by atoms with Crippen molar-refractivity contribution >= 4 is 11.8 Å². The SMILES string of the molecule is CNCCC=Cc1cccc(N=[N+]=[N-])c1. The molecule has 0 spiro atoms. The summed E-state index contributed by atoms with van der Waals surface area (Å²) in [5.41, 5.74) is 9.99. The van der Waals surface area contributed by atoms with Crippen molar-refractivity contribution in [2.24, 2.45) is 5.11 Å². The molecule has 0 saturated heterocycles. The van der Waals surface area contributed by atoms with E-state index in [1.165, 1.54) is 0 Å². The van der Waals surface area contributed by atoms with Gasteiger partial charge in [0.05, 0.1) is 0 Å². The Bertz CT molecular complexity index is 378. The highest BCUT2D eigenvalue weighted by atomic mass is 15.1. The molecule has 0 aliphatic carbocycles. The summed E-state index contributed by atoms with van der Waals surface area (Å²) < 4.78 is 0. The van der Waals surface area contributed by atoms with Crippen molar-refractivity contribution in [2.75, 3.05) is 13.6 Å². The van der Waals surface area contributed by atoms with E-state index in [1.54, 1.807) is 6.07 Å². The molecule has 0 aromatic heterocycles. The number of hydrogen-bond donors (Lipinski definition) is 1. The molecule has 1 rings (SSSR count). The van der Waals surface area contributed by atoms with Gasteiger partial charge in [0, 0.05) is 10.6 Å². The minimum atomic E-state index is 0.647. The molecule has 0 heterocycles. The van der Waals surface area contributed by atoms with Crippen molar-refractivity contribution in [1.82, 2.24) is 5.32 Å². The zero-order valence-corrected chi connectivity index (χ0v) is 8.72. The normalized spacial score (nSPS) is 10.2. The van der Waals surface area contributed by atoms with Crippen LogP contribution in [0.5, 0.6) is 0 Å². The summed E-state index contributed by atoms with van der Waals surface area (Å²) in [5, 5.41) is 6.61. The van der Waals surface area contributed by atoms with Crippen molar-refractivity contribution in [3.63, 3.8) is 0 Å². The van der Waals surface area contributed by atoms with Crippen molar-refractivity contribution in [1.29, 1.82) is 0 Å². The van der Waals surface area contributed by atoms with Gasteiger partial charge in [-0.15, -0.1) is 0 Å². The molecular formula is C11H14N4. The average molecular weight is 202 g/mol. The molecule has 0 fully saturated rings. The van der Waals surface area contributed by atoms with E-state index in [-0.39, 0.29) is 0 Å². The van der Waals surface area contributed by atoms with Crippen molar-refractivity contribution < 1.29 is 0 Å². The fraction of sp³-hybridized carbons (Fsp3) is 0.273. The summed E-state index contributed by atoms with van der Waals surface area (Å²) in [6, 6.07) is 7.49. The standard InChI is InChI=1S/C11H14N4/c1-13-8-3-2-5-10-6-4-7-11(9-10)14-15-12/h2,4-7,9,13H,3,8H2,1H3. The van der Waals surface area contributed by atoms with Gasteiger partial charge in [0.25, 0.3) is 0 Å². The molecule has 0 unspecified atom stereocenters. The highest BCUT2D eigenvalue weighted by Gasteiger charge is 1.89. The van der Waals surface area contributed by atoms with Gasteiger partial charge >= 0.3 is 0 Å². The molecule has 1 N–H and O–H groups in total. The molecule has 0 radical (unpaired) electrons. The predicted molar refractivity (Wildman–Crippen MR) is 62.8 cm³/mol. The van der Waals surface area contributed by atoms with E-state index in [9.17, 15) is 0 Å². The Morgan fingerprint density at radius 2 is 2.40 bits per heavy atom. The van der Waals surface area contributed by atoms with Crippen LogP contribution in [-0.4, -0.2) is 13.6 Å². The Labute approximate surface area is 89.3 Å². The summed E-state index contributed by atoms with van der Waals surface area (Å²) in [6.07, 6.45) is 5.10. The Hall–Kier alpha value is -1.77. The van der Waals surface area contributed by atoms with Gasteiger partial charge in [-0.3, -0.25) is 0 Å². The van der Waals surface area contributed by atoms with Gasteiger partial charge < -0.3 is 5.32 Å². The molecule has 0 atom stereocenters. The van der Waals surface area contributed by atoms with E-state index in [0.29, 0.717) is 5.69 Å². The van der Waals surface area contributed by atoms with Gasteiger partial charge in [0.2, 0.25) is 0 Å². The number of nitrogens with zero attached hydrogens (tertiary/aromatic N) is 3. The summed E-state index contributed by atoms with van der Waals surface area (Å²) in [4.78, 5) is 2.75. The number of nitrogens with one attached hydrogen (secondary N) is 1. The average Bonchev–Trinajstić information content (AvgIpc) is 2.26. The molecule has 78 valence electrons. The lowest BCUT2D eigenvalue weighted by molar-refractivity contribution is 0.809. The molecule has 1 aromatic rings. The zero-order chi connectivity index (χ0) is 10.9. The smallest absolute Gasteiger partial charge is 0.0381 e. The lowest BCUT2D eigenvalue weighted by Gasteiger charge is -1.95. The molecule has 0 aliphatic heterocycles. The van der Waals surface area contributed by atoms with Gasteiger partial charge in [0.15, 0.2) is 0 Å². The van der Waals surface area contributed by atoms with Crippen LogP contribution in [0.1, 0.15) is 12.0 Å². The topological polar surface area (TPSA) is 60.8 Å². The van der Waals surface area contributed by atoms with Crippen LogP contribution in [0, 0.1) is 0 Å². The number of rotatable bonds is 5. The third-order valence-corrected chi connectivity index (χ3v) is 1.90. The monoisotopic (exact) mass is 202 g/mol. The summed E-state index contributed by atoms with van der Waals surface area (Å²) in [6.45, 7) is 0.965. The Kier molecular flexibility index (Phi) is 5.01. The maximum Gasteiger partial charge on any atom is 0.0381 e. The quantitative estimate of drug-likeness (QED) is 0.339. The van der Waals surface area contributed by atoms with Gasteiger partial charge in [-0.05, 0) is 37.2 Å². The molecule has 0 aliphatic rings. The van der Waals surface area contributed by atoms with Gasteiger partial charge in [-0.25, -0.2) is 0 Å². The van der Waals surface area contributed by atoms with Crippen LogP contribution in [0.2, 0.25) is 0 Å². The van der Waals surface area contributed by atoms with E-state index < -0.39 is 0 Å². The molecule has 1 aromatic carbocycles. The summed E-state index contributed by atoms with van der Waals surface area (Å²) >= 11 is 0. The van der Waals surface area contributed by atoms with Gasteiger partial charge in [-0.1, -0.05) is 35.5 Å². The van der Waals surface area contributed by atoms with E-state index >= 15 is 0 Å². The van der Waals surface area contributed by atoms with E-state index in [0.717, 1.165) is 18.5 Å². The maximum absolute atomic E-state index is 8.29. The molecule has 4 heteroatoms. The second kappa shape index (κ2) is 6.65. The third-order valence-electron chi connectivity index (χ3n) is 1.90. The molecular weight excluding hydrogens is 188 g/mol. The first-order chi connectivity index (χ1) is 7.36. The molecule has 4 nitrogen and oxygen atoms in total. The largest absolute Gasteiger partial charge is 0.319 e. The fourth-order valence-electron chi connectivity index (χ4n) is 1.19. The van der Waals surface area contributed by atoms with Gasteiger partial charge in [-0.2, -0.15) is 0 Å². The second-order valence-corrected chi connectivity index (χ2v) is 3.08. The first kappa shape index (κ1) is 11.3. The van der Waals surface area contributed by atoms with Crippen molar-refractivity contribution in [3.05, 3.63) is 46.3 Å². The van der Waals surface area contributed by atoms with Crippen LogP contribution in [0.4, 0.5) is 5.69 Å². The molecule has 0 bridgehead atoms. The van der Waals surface area contributed by atoms with Crippen LogP contribution >= 0.6 is 0 Å². The first-order valence-corrected chi connectivity index (χ1v) is 4.83. The minimum Gasteiger partial charge on any atom is -0.319 e. The van der Waals surface area contributed by atoms with E-state index in [2.05, 4.69) is 21.4 Å². The van der Waals surface area contributed by atoms with Gasteiger partial charge in [0.1, 0.15) is 0 Å². The highest BCUT2D eigenvalue weighted by Crippen LogP contribution is 2.15. The maximum atomic E-state index is 8.29. The van der Waals surface area contributed by atoms with Crippen LogP contribution in [0.15, 0.2) is 35.5 Å². The minimum absolute atomic E-state index is 0.647.